The quantitative estimate of drug-likeness (QED) is 0.442. The van der Waals surface area contributed by atoms with Crippen molar-refractivity contribution in [2.24, 2.45) is 7.05 Å². The van der Waals surface area contributed by atoms with Gasteiger partial charge in [-0.2, -0.15) is 0 Å². The van der Waals surface area contributed by atoms with Crippen LogP contribution < -0.4 is 5.32 Å². The number of hydrogen-bond acceptors (Lipinski definition) is 3. The number of carbonyl (C=O) groups is 2. The summed E-state index contributed by atoms with van der Waals surface area (Å²) in [6, 6.07) is 21.2. The van der Waals surface area contributed by atoms with Gasteiger partial charge < -0.3 is 19.7 Å². The van der Waals surface area contributed by atoms with Gasteiger partial charge in [0, 0.05) is 42.1 Å². The van der Waals surface area contributed by atoms with Gasteiger partial charge in [-0.15, -0.1) is 11.8 Å². The van der Waals surface area contributed by atoms with E-state index in [-0.39, 0.29) is 24.5 Å². The maximum atomic E-state index is 13.4. The third kappa shape index (κ3) is 6.89. The Morgan fingerprint density at radius 1 is 0.970 bits per heavy atom. The van der Waals surface area contributed by atoms with E-state index in [0.717, 1.165) is 16.2 Å². The number of thioether (sulfide) groups is 1. The molecular formula is C26H32N4O2S. The number of aryl methyl sites for hydroxylation is 1. The third-order valence-corrected chi connectivity index (χ3v) is 6.25. The van der Waals surface area contributed by atoms with Gasteiger partial charge in [0.1, 0.15) is 6.54 Å². The monoisotopic (exact) mass is 464 g/mol. The van der Waals surface area contributed by atoms with Crippen LogP contribution in [0.3, 0.4) is 0 Å². The average molecular weight is 465 g/mol. The molecule has 0 unspecified atom stereocenters. The summed E-state index contributed by atoms with van der Waals surface area (Å²) in [5.41, 5.74) is 2.80. The Balaban J connectivity index is 1.74. The molecule has 1 aromatic heterocycles. The highest BCUT2D eigenvalue weighted by Gasteiger charge is 2.24. The van der Waals surface area contributed by atoms with Crippen LogP contribution in [0.4, 0.5) is 10.5 Å². The summed E-state index contributed by atoms with van der Waals surface area (Å²) in [4.78, 5) is 31.0. The molecule has 7 heteroatoms. The maximum Gasteiger partial charge on any atom is 0.322 e. The molecule has 0 fully saturated rings. The van der Waals surface area contributed by atoms with Crippen LogP contribution in [0.25, 0.3) is 0 Å². The standard InChI is InChI=1S/C26H32N4O2S/c1-20(2)30(26(32)27-22-12-14-24(33-4)15-13-22)19-25(31)29(17-21-9-6-5-7-10-21)18-23-11-8-16-28(23)3/h5-16,20H,17-19H2,1-4H3,(H,27,32). The summed E-state index contributed by atoms with van der Waals surface area (Å²) in [6.07, 6.45) is 3.98. The van der Waals surface area contributed by atoms with Crippen LogP contribution in [0.1, 0.15) is 25.1 Å². The lowest BCUT2D eigenvalue weighted by molar-refractivity contribution is -0.133. The molecule has 2 aromatic carbocycles. The summed E-state index contributed by atoms with van der Waals surface area (Å²) < 4.78 is 2.01. The molecule has 0 saturated carbocycles. The molecule has 0 bridgehead atoms. The molecule has 1 heterocycles. The number of rotatable bonds is 9. The molecule has 33 heavy (non-hydrogen) atoms. The molecule has 0 spiro atoms. The van der Waals surface area contributed by atoms with Crippen molar-refractivity contribution in [3.8, 4) is 0 Å². The number of anilines is 1. The Labute approximate surface area is 200 Å². The van der Waals surface area contributed by atoms with Crippen LogP contribution in [0.15, 0.2) is 77.8 Å². The fourth-order valence-electron chi connectivity index (χ4n) is 3.50. The van der Waals surface area contributed by atoms with Gasteiger partial charge in [0.05, 0.1) is 6.54 Å². The minimum absolute atomic E-state index is 0.00362. The van der Waals surface area contributed by atoms with Crippen LogP contribution in [0, 0.1) is 0 Å². The maximum absolute atomic E-state index is 13.4. The van der Waals surface area contributed by atoms with Crippen molar-refractivity contribution in [1.82, 2.24) is 14.4 Å². The second kappa shape index (κ2) is 11.6. The van der Waals surface area contributed by atoms with Crippen molar-refractivity contribution >= 4 is 29.4 Å². The van der Waals surface area contributed by atoms with Gasteiger partial charge in [0.2, 0.25) is 5.91 Å². The van der Waals surface area contributed by atoms with Crippen molar-refractivity contribution < 1.29 is 9.59 Å². The second-order valence-electron chi connectivity index (χ2n) is 8.23. The fourth-order valence-corrected chi connectivity index (χ4v) is 3.90. The van der Waals surface area contributed by atoms with E-state index in [0.29, 0.717) is 18.8 Å². The normalized spacial score (nSPS) is 10.8. The summed E-state index contributed by atoms with van der Waals surface area (Å²) in [7, 11) is 1.97. The molecular weight excluding hydrogens is 432 g/mol. The predicted octanol–water partition coefficient (Wildman–Crippen LogP) is 5.22. The van der Waals surface area contributed by atoms with Crippen LogP contribution in [0.2, 0.25) is 0 Å². The highest BCUT2D eigenvalue weighted by Crippen LogP contribution is 2.18. The zero-order valence-corrected chi connectivity index (χ0v) is 20.5. The molecule has 0 aliphatic carbocycles. The highest BCUT2D eigenvalue weighted by atomic mass is 32.2. The van der Waals surface area contributed by atoms with E-state index >= 15 is 0 Å². The Kier molecular flexibility index (Phi) is 8.60. The van der Waals surface area contributed by atoms with Crippen molar-refractivity contribution in [3.63, 3.8) is 0 Å². The fraction of sp³-hybridized carbons (Fsp3) is 0.308. The third-order valence-electron chi connectivity index (χ3n) is 5.50. The van der Waals surface area contributed by atoms with Gasteiger partial charge in [0.25, 0.3) is 0 Å². The first-order chi connectivity index (χ1) is 15.9. The Morgan fingerprint density at radius 2 is 1.67 bits per heavy atom. The van der Waals surface area contributed by atoms with Gasteiger partial charge >= 0.3 is 6.03 Å². The number of aromatic nitrogens is 1. The lowest BCUT2D eigenvalue weighted by atomic mass is 10.2. The highest BCUT2D eigenvalue weighted by molar-refractivity contribution is 7.98. The lowest BCUT2D eigenvalue weighted by Crippen LogP contribution is -2.47. The summed E-state index contributed by atoms with van der Waals surface area (Å²) in [5.74, 6) is -0.0957. The van der Waals surface area contributed by atoms with E-state index in [2.05, 4.69) is 5.32 Å². The summed E-state index contributed by atoms with van der Waals surface area (Å²) >= 11 is 1.65. The van der Waals surface area contributed by atoms with Crippen LogP contribution in [0.5, 0.6) is 0 Å². The molecule has 3 rings (SSSR count). The lowest BCUT2D eigenvalue weighted by Gasteiger charge is -2.30. The number of benzene rings is 2. The van der Waals surface area contributed by atoms with E-state index < -0.39 is 0 Å². The molecule has 3 amide bonds. The van der Waals surface area contributed by atoms with E-state index in [1.807, 2.05) is 105 Å². The number of nitrogens with zero attached hydrogens (tertiary/aromatic N) is 3. The van der Waals surface area contributed by atoms with Gasteiger partial charge in [-0.25, -0.2) is 4.79 Å². The van der Waals surface area contributed by atoms with E-state index in [1.165, 1.54) is 0 Å². The predicted molar refractivity (Wildman–Crippen MR) is 135 cm³/mol. The number of hydrogen-bond donors (Lipinski definition) is 1. The SMILES string of the molecule is CSc1ccc(NC(=O)N(CC(=O)N(Cc2ccccc2)Cc2cccn2C)C(C)C)cc1. The summed E-state index contributed by atoms with van der Waals surface area (Å²) in [6.45, 7) is 4.80. The van der Waals surface area contributed by atoms with Crippen LogP contribution in [-0.4, -0.2) is 45.1 Å². The average Bonchev–Trinajstić information content (AvgIpc) is 3.22. The smallest absolute Gasteiger partial charge is 0.322 e. The molecule has 0 radical (unpaired) electrons. The molecule has 3 aromatic rings. The van der Waals surface area contributed by atoms with Gasteiger partial charge in [0.15, 0.2) is 0 Å². The van der Waals surface area contributed by atoms with Gasteiger partial charge in [-0.1, -0.05) is 30.3 Å². The number of urea groups is 1. The van der Waals surface area contributed by atoms with Gasteiger partial charge in [-0.3, -0.25) is 4.79 Å². The number of amides is 3. The van der Waals surface area contributed by atoms with Gasteiger partial charge in [-0.05, 0) is 62.1 Å². The Bertz CT molecular complexity index is 1050. The van der Waals surface area contributed by atoms with Crippen molar-refractivity contribution in [1.29, 1.82) is 0 Å². The topological polar surface area (TPSA) is 57.6 Å². The van der Waals surface area contributed by atoms with Crippen molar-refractivity contribution in [2.45, 2.75) is 37.9 Å². The zero-order valence-electron chi connectivity index (χ0n) is 19.7. The first-order valence-electron chi connectivity index (χ1n) is 11.0. The Hall–Kier alpha value is -3.19. The molecule has 0 aliphatic rings. The minimum atomic E-state index is -0.284. The molecule has 174 valence electrons. The van der Waals surface area contributed by atoms with Crippen molar-refractivity contribution in [3.05, 3.63) is 84.2 Å². The minimum Gasteiger partial charge on any atom is -0.353 e. The van der Waals surface area contributed by atoms with Crippen molar-refractivity contribution in [2.75, 3.05) is 18.1 Å². The van der Waals surface area contributed by atoms with Crippen LogP contribution in [-0.2, 0) is 24.9 Å². The van der Waals surface area contributed by atoms with E-state index in [4.69, 9.17) is 0 Å². The Morgan fingerprint density at radius 3 is 2.24 bits per heavy atom. The molecule has 0 saturated heterocycles. The van der Waals surface area contributed by atoms with E-state index in [1.54, 1.807) is 21.6 Å². The molecule has 1 N–H and O–H groups in total. The summed E-state index contributed by atoms with van der Waals surface area (Å²) in [5, 5.41) is 2.93. The largest absolute Gasteiger partial charge is 0.353 e. The first kappa shape index (κ1) is 24.5. The van der Waals surface area contributed by atoms with Crippen LogP contribution >= 0.6 is 11.8 Å². The molecule has 0 aliphatic heterocycles. The van der Waals surface area contributed by atoms with E-state index in [9.17, 15) is 9.59 Å². The number of carbonyl (C=O) groups excluding carboxylic acids is 2. The zero-order chi connectivity index (χ0) is 23.8. The second-order valence-corrected chi connectivity index (χ2v) is 9.11. The molecule has 0 atom stereocenters. The first-order valence-corrected chi connectivity index (χ1v) is 12.2. The number of nitrogens with one attached hydrogen (secondary N) is 1. The molecule has 6 nitrogen and oxygen atoms in total.